The van der Waals surface area contributed by atoms with Crippen molar-refractivity contribution in [3.05, 3.63) is 99.1 Å². The van der Waals surface area contributed by atoms with E-state index >= 15 is 0 Å². The van der Waals surface area contributed by atoms with Gasteiger partial charge in [-0.1, -0.05) is 113 Å². The lowest BCUT2D eigenvalue weighted by atomic mass is 9.80. The highest BCUT2D eigenvalue weighted by Gasteiger charge is 2.52. The molecule has 2 heterocycles. The molecule has 286 valence electrons. The quantitative estimate of drug-likeness (QED) is 0.173. The monoisotopic (exact) mass is 742 g/mol. The van der Waals surface area contributed by atoms with Crippen LogP contribution in [0.2, 0.25) is 0 Å². The van der Waals surface area contributed by atoms with Gasteiger partial charge < -0.3 is 10.1 Å². The normalized spacial score (nSPS) is 19.4. The van der Waals surface area contributed by atoms with Crippen molar-refractivity contribution in [2.45, 2.75) is 125 Å². The molecule has 4 aromatic carbocycles. The number of rotatable bonds is 2. The third-order valence-corrected chi connectivity index (χ3v) is 13.0. The lowest BCUT2D eigenvalue weighted by Crippen LogP contribution is -2.28. The van der Waals surface area contributed by atoms with Gasteiger partial charge in [0, 0.05) is 28.1 Å². The van der Waals surface area contributed by atoms with Crippen molar-refractivity contribution in [2.24, 2.45) is 10.9 Å². The van der Waals surface area contributed by atoms with Gasteiger partial charge in [0.15, 0.2) is 0 Å². The third-order valence-electron chi connectivity index (χ3n) is 13.0. The number of carbonyl (C=O) groups excluding carboxylic acids is 2. The maximum absolute atomic E-state index is 14.5. The number of nitrogens with one attached hydrogen (secondary N) is 1. The van der Waals surface area contributed by atoms with Crippen LogP contribution in [0.1, 0.15) is 135 Å². The lowest BCUT2D eigenvalue weighted by molar-refractivity contribution is -0.134. The number of fused-ring (bicyclic) bond motifs is 5. The second-order valence-corrected chi connectivity index (χ2v) is 21.0. The molecule has 0 fully saturated rings. The fourth-order valence-corrected chi connectivity index (χ4v) is 9.74. The first-order valence-corrected chi connectivity index (χ1v) is 20.2. The molecule has 5 nitrogen and oxygen atoms in total. The topological polar surface area (TPSA) is 82.5 Å². The molecule has 0 saturated carbocycles. The molecule has 3 aliphatic carbocycles. The number of benzene rings is 4. The molecule has 2 unspecified atom stereocenters. The van der Waals surface area contributed by atoms with Gasteiger partial charge in [0.05, 0.1) is 17.3 Å². The number of Topliss-reactive ketones (excluding diaryl/α,β-unsaturated/α-hetero) is 2. The highest BCUT2D eigenvalue weighted by Crippen LogP contribution is 2.57. The van der Waals surface area contributed by atoms with Crippen LogP contribution in [0.5, 0.6) is 0 Å². The number of ketones is 2. The summed E-state index contributed by atoms with van der Waals surface area (Å²) in [6.45, 7) is 30.7. The summed E-state index contributed by atoms with van der Waals surface area (Å²) in [5.74, 6) is -2.58. The number of H-pyrrole nitrogens is 1. The maximum Gasteiger partial charge on any atom is 0.234 e. The molecule has 2 atom stereocenters. The summed E-state index contributed by atoms with van der Waals surface area (Å²) in [4.78, 5) is 37.7. The predicted octanol–water partition coefficient (Wildman–Crippen LogP) is 12.3. The van der Waals surface area contributed by atoms with Gasteiger partial charge in [0.1, 0.15) is 11.7 Å². The van der Waals surface area contributed by atoms with Crippen molar-refractivity contribution < 1.29 is 14.7 Å². The van der Waals surface area contributed by atoms with E-state index in [0.29, 0.717) is 5.69 Å². The van der Waals surface area contributed by atoms with E-state index in [4.69, 9.17) is 4.99 Å². The number of allylic oxidation sites excluding steroid dienone is 2. The summed E-state index contributed by atoms with van der Waals surface area (Å²) >= 11 is 0. The van der Waals surface area contributed by atoms with E-state index in [0.717, 1.165) is 72.1 Å². The Bertz CT molecular complexity index is 2780. The summed E-state index contributed by atoms with van der Waals surface area (Å²) in [6.07, 6.45) is 0. The fraction of sp³-hybridized carbons (Fsp3) is 0.392. The summed E-state index contributed by atoms with van der Waals surface area (Å²) in [6, 6.07) is 17.6. The number of aryl methyl sites for hydroxylation is 1. The molecular formula is C51H54N2O3. The molecule has 4 aliphatic rings. The van der Waals surface area contributed by atoms with Gasteiger partial charge in [0.25, 0.3) is 0 Å². The summed E-state index contributed by atoms with van der Waals surface area (Å²) in [5.41, 5.74) is 15.0. The number of hydrogen-bond donors (Lipinski definition) is 2. The minimum atomic E-state index is -1.12. The zero-order valence-corrected chi connectivity index (χ0v) is 35.5. The molecule has 5 heteroatoms. The van der Waals surface area contributed by atoms with Crippen molar-refractivity contribution in [3.8, 4) is 22.3 Å². The second kappa shape index (κ2) is 11.1. The standard InChI is InChI=1S/C51H54N2O3/c1-23-35-31-19-27(48(3,4)5)15-25-17-29(50(9,10)11)21-33(37(25)31)39(35)43(52-23)41-45(54)42(47(56)46(41)55)44-40-34-22-30(51(12,13)14)18-26-16-28(49(6,7)8)20-32(38(26)34)36(40)24(2)53-44/h15-22,41,43,53-54H,1-14H3. The van der Waals surface area contributed by atoms with Crippen LogP contribution in [0.3, 0.4) is 0 Å². The number of nitrogens with zero attached hydrogens (tertiary/aromatic N) is 1. The van der Waals surface area contributed by atoms with E-state index in [9.17, 15) is 14.7 Å². The van der Waals surface area contributed by atoms with Crippen molar-refractivity contribution in [1.82, 2.24) is 4.98 Å². The van der Waals surface area contributed by atoms with Crippen LogP contribution in [0.4, 0.5) is 0 Å². The number of aliphatic hydroxyl groups excluding tert-OH is 1. The Morgan fingerprint density at radius 2 is 1.00 bits per heavy atom. The Hall–Kier alpha value is -5.03. The highest BCUT2D eigenvalue weighted by atomic mass is 16.3. The average Bonchev–Trinajstić information content (AvgIpc) is 3.84. The third kappa shape index (κ3) is 4.94. The van der Waals surface area contributed by atoms with E-state index in [1.165, 1.54) is 27.6 Å². The molecule has 1 aromatic heterocycles. The summed E-state index contributed by atoms with van der Waals surface area (Å²) < 4.78 is 0. The van der Waals surface area contributed by atoms with E-state index < -0.39 is 23.5 Å². The molecule has 9 rings (SSSR count). The van der Waals surface area contributed by atoms with Gasteiger partial charge in [-0.3, -0.25) is 14.6 Å². The molecule has 2 N–H and O–H groups in total. The fourth-order valence-electron chi connectivity index (χ4n) is 9.74. The number of aliphatic hydroxyl groups is 1. The Labute approximate surface area is 331 Å². The second-order valence-electron chi connectivity index (χ2n) is 21.0. The SMILES string of the molecule is CC1=NC(C2C(=O)C(=O)C(c3[nH]c(C)c4c3-c3cc(C(C)(C)C)cc5cc(C(C)(C)C)cc-4c35)=C2O)C2=C1c1cc(C(C)(C)C)cc3cc(C(C)(C)C)cc2c13. The predicted molar refractivity (Wildman–Crippen MR) is 233 cm³/mol. The van der Waals surface area contributed by atoms with Crippen LogP contribution in [-0.2, 0) is 31.2 Å². The van der Waals surface area contributed by atoms with Gasteiger partial charge in [-0.15, -0.1) is 0 Å². The number of carbonyl (C=O) groups is 2. The first-order chi connectivity index (χ1) is 25.9. The van der Waals surface area contributed by atoms with Crippen LogP contribution in [0.15, 0.2) is 59.3 Å². The molecule has 0 radical (unpaired) electrons. The Kier molecular flexibility index (Phi) is 7.24. The average molecular weight is 743 g/mol. The summed E-state index contributed by atoms with van der Waals surface area (Å²) in [7, 11) is 0. The van der Waals surface area contributed by atoms with Gasteiger partial charge in [-0.05, 0) is 125 Å². The zero-order chi connectivity index (χ0) is 40.5. The van der Waals surface area contributed by atoms with Crippen LogP contribution >= 0.6 is 0 Å². The van der Waals surface area contributed by atoms with E-state index in [-0.39, 0.29) is 33.0 Å². The minimum Gasteiger partial charge on any atom is -0.511 e. The van der Waals surface area contributed by atoms with Gasteiger partial charge in [-0.25, -0.2) is 0 Å². The highest BCUT2D eigenvalue weighted by molar-refractivity contribution is 6.59. The Balaban J connectivity index is 1.26. The molecule has 0 spiro atoms. The van der Waals surface area contributed by atoms with Crippen molar-refractivity contribution in [1.29, 1.82) is 0 Å². The smallest absolute Gasteiger partial charge is 0.234 e. The number of aromatic nitrogens is 1. The molecule has 1 aliphatic heterocycles. The van der Waals surface area contributed by atoms with Gasteiger partial charge in [0.2, 0.25) is 11.6 Å². The van der Waals surface area contributed by atoms with E-state index in [1.54, 1.807) is 0 Å². The molecule has 0 amide bonds. The first kappa shape index (κ1) is 36.6. The molecule has 0 bridgehead atoms. The van der Waals surface area contributed by atoms with Crippen molar-refractivity contribution in [3.63, 3.8) is 0 Å². The van der Waals surface area contributed by atoms with Crippen molar-refractivity contribution >= 4 is 55.5 Å². The number of hydrogen-bond acceptors (Lipinski definition) is 4. The number of aliphatic imine (C=N–C) groups is 1. The van der Waals surface area contributed by atoms with E-state index in [1.807, 2.05) is 13.8 Å². The number of aromatic amines is 1. The van der Waals surface area contributed by atoms with Gasteiger partial charge >= 0.3 is 0 Å². The summed E-state index contributed by atoms with van der Waals surface area (Å²) in [5, 5.41) is 17.1. The van der Waals surface area contributed by atoms with E-state index in [2.05, 4.69) is 137 Å². The van der Waals surface area contributed by atoms with Gasteiger partial charge in [-0.2, -0.15) is 0 Å². The van der Waals surface area contributed by atoms with Crippen molar-refractivity contribution in [2.75, 3.05) is 0 Å². The van der Waals surface area contributed by atoms with Crippen LogP contribution in [0, 0.1) is 12.8 Å². The first-order valence-electron chi connectivity index (χ1n) is 20.2. The largest absolute Gasteiger partial charge is 0.511 e. The molecular weight excluding hydrogens is 689 g/mol. The maximum atomic E-state index is 14.5. The molecule has 0 saturated heterocycles. The van der Waals surface area contributed by atoms with Crippen LogP contribution < -0.4 is 0 Å². The lowest BCUT2D eigenvalue weighted by Gasteiger charge is -2.25. The Morgan fingerprint density at radius 1 is 0.571 bits per heavy atom. The van der Waals surface area contributed by atoms with Crippen LogP contribution in [0.25, 0.3) is 60.5 Å². The molecule has 56 heavy (non-hydrogen) atoms. The Morgan fingerprint density at radius 3 is 1.48 bits per heavy atom. The minimum absolute atomic E-state index is 0.0727. The zero-order valence-electron chi connectivity index (χ0n) is 35.5. The van der Waals surface area contributed by atoms with Crippen LogP contribution in [-0.4, -0.2) is 33.4 Å². The molecule has 5 aromatic rings.